The molecule has 0 aromatic heterocycles. The van der Waals surface area contributed by atoms with E-state index in [4.69, 9.17) is 0 Å². The fourth-order valence-corrected chi connectivity index (χ4v) is 3.77. The average molecular weight is 266 g/mol. The van der Waals surface area contributed by atoms with Crippen molar-refractivity contribution in [2.45, 2.75) is 64.2 Å². The van der Waals surface area contributed by atoms with Crippen LogP contribution in [0.5, 0.6) is 0 Å². The molecular weight excluding hydrogens is 240 g/mol. The van der Waals surface area contributed by atoms with Gasteiger partial charge in [0.2, 0.25) is 0 Å². The Morgan fingerprint density at radius 1 is 0.600 bits per heavy atom. The van der Waals surface area contributed by atoms with Gasteiger partial charge in [-0.1, -0.05) is 69.4 Å². The first-order chi connectivity index (χ1) is 9.88. The van der Waals surface area contributed by atoms with Crippen LogP contribution in [0, 0.1) is 0 Å². The first kappa shape index (κ1) is 13.7. The van der Waals surface area contributed by atoms with Gasteiger partial charge in [0, 0.05) is 0 Å². The molecule has 0 nitrogen and oxygen atoms in total. The van der Waals surface area contributed by atoms with Crippen molar-refractivity contribution < 1.29 is 0 Å². The second-order valence-corrected chi connectivity index (χ2v) is 6.31. The molecule has 2 aliphatic carbocycles. The normalized spacial score (nSPS) is 20.9. The molecule has 106 valence electrons. The molecule has 0 unspecified atom stereocenters. The zero-order chi connectivity index (χ0) is 13.8. The number of allylic oxidation sites excluding steroid dienone is 3. The van der Waals surface area contributed by atoms with Crippen molar-refractivity contribution in [3.8, 4) is 0 Å². The van der Waals surface area contributed by atoms with Crippen LogP contribution < -0.4 is 0 Å². The summed E-state index contributed by atoms with van der Waals surface area (Å²) in [6.45, 7) is 4.39. The summed E-state index contributed by atoms with van der Waals surface area (Å²) in [4.78, 5) is 0. The molecular formula is C20H26. The fraction of sp³-hybridized carbons (Fsp3) is 0.500. The molecule has 0 N–H and O–H groups in total. The Morgan fingerprint density at radius 2 is 1.10 bits per heavy atom. The molecule has 2 aliphatic rings. The molecule has 0 aliphatic heterocycles. The summed E-state index contributed by atoms with van der Waals surface area (Å²) in [6, 6.07) is 8.88. The van der Waals surface area contributed by atoms with Crippen LogP contribution in [-0.4, -0.2) is 0 Å². The van der Waals surface area contributed by atoms with E-state index >= 15 is 0 Å². The molecule has 1 aromatic rings. The number of rotatable bonds is 0. The molecule has 0 spiro atoms. The van der Waals surface area contributed by atoms with Gasteiger partial charge in [-0.2, -0.15) is 0 Å². The van der Waals surface area contributed by atoms with Crippen LogP contribution >= 0.6 is 0 Å². The SMILES string of the molecule is C=C1C2=C(CCCCCCCCCC2)c2ccccc21. The highest BCUT2D eigenvalue weighted by Crippen LogP contribution is 2.44. The van der Waals surface area contributed by atoms with Crippen molar-refractivity contribution in [1.29, 1.82) is 0 Å². The van der Waals surface area contributed by atoms with Gasteiger partial charge in [0.1, 0.15) is 0 Å². The lowest BCUT2D eigenvalue weighted by Gasteiger charge is -2.11. The molecule has 0 saturated carbocycles. The summed E-state index contributed by atoms with van der Waals surface area (Å²) in [6.07, 6.45) is 13.7. The lowest BCUT2D eigenvalue weighted by atomic mass is 9.94. The molecule has 20 heavy (non-hydrogen) atoms. The summed E-state index contributed by atoms with van der Waals surface area (Å²) in [5.41, 5.74) is 7.38. The van der Waals surface area contributed by atoms with Gasteiger partial charge in [-0.25, -0.2) is 0 Å². The quantitative estimate of drug-likeness (QED) is 0.511. The Hall–Kier alpha value is -1.30. The fourth-order valence-electron chi connectivity index (χ4n) is 3.77. The average Bonchev–Trinajstić information content (AvgIpc) is 2.72. The molecule has 0 atom stereocenters. The van der Waals surface area contributed by atoms with Crippen LogP contribution in [0.1, 0.15) is 75.3 Å². The van der Waals surface area contributed by atoms with Crippen LogP contribution in [0.25, 0.3) is 11.1 Å². The van der Waals surface area contributed by atoms with Crippen molar-refractivity contribution in [2.75, 3.05) is 0 Å². The largest absolute Gasteiger partial charge is 0.0909 e. The van der Waals surface area contributed by atoms with Crippen molar-refractivity contribution in [2.24, 2.45) is 0 Å². The van der Waals surface area contributed by atoms with Crippen molar-refractivity contribution in [1.82, 2.24) is 0 Å². The Labute approximate surface area is 123 Å². The van der Waals surface area contributed by atoms with E-state index in [2.05, 4.69) is 30.8 Å². The number of fused-ring (bicyclic) bond motifs is 2. The summed E-state index contributed by atoms with van der Waals surface area (Å²) < 4.78 is 0. The van der Waals surface area contributed by atoms with Crippen LogP contribution in [0.2, 0.25) is 0 Å². The van der Waals surface area contributed by atoms with E-state index in [1.54, 1.807) is 11.1 Å². The first-order valence-corrected chi connectivity index (χ1v) is 8.39. The highest BCUT2D eigenvalue weighted by molar-refractivity contribution is 5.99. The molecule has 0 heteroatoms. The minimum Gasteiger partial charge on any atom is -0.0909 e. The Kier molecular flexibility index (Phi) is 4.40. The zero-order valence-electron chi connectivity index (χ0n) is 12.6. The molecule has 1 aromatic carbocycles. The van der Waals surface area contributed by atoms with Gasteiger partial charge in [-0.3, -0.25) is 0 Å². The maximum atomic E-state index is 4.39. The topological polar surface area (TPSA) is 0 Å². The van der Waals surface area contributed by atoms with Crippen LogP contribution in [0.3, 0.4) is 0 Å². The second kappa shape index (κ2) is 6.43. The van der Waals surface area contributed by atoms with E-state index in [0.717, 1.165) is 0 Å². The van der Waals surface area contributed by atoms with Crippen molar-refractivity contribution >= 4 is 11.1 Å². The van der Waals surface area contributed by atoms with Gasteiger partial charge >= 0.3 is 0 Å². The molecule has 0 fully saturated rings. The van der Waals surface area contributed by atoms with Gasteiger partial charge in [-0.05, 0) is 53.5 Å². The third-order valence-corrected chi connectivity index (χ3v) is 4.91. The summed E-state index contributed by atoms with van der Waals surface area (Å²) in [5.74, 6) is 0. The number of hydrogen-bond acceptors (Lipinski definition) is 0. The summed E-state index contributed by atoms with van der Waals surface area (Å²) in [7, 11) is 0. The predicted molar refractivity (Wildman–Crippen MR) is 88.6 cm³/mol. The van der Waals surface area contributed by atoms with Gasteiger partial charge < -0.3 is 0 Å². The monoisotopic (exact) mass is 266 g/mol. The van der Waals surface area contributed by atoms with Gasteiger partial charge in [0.15, 0.2) is 0 Å². The Bertz CT molecular complexity index is 519. The third kappa shape index (κ3) is 2.75. The zero-order valence-corrected chi connectivity index (χ0v) is 12.6. The third-order valence-electron chi connectivity index (χ3n) is 4.91. The van der Waals surface area contributed by atoms with Gasteiger partial charge in [0.05, 0.1) is 0 Å². The highest BCUT2D eigenvalue weighted by Gasteiger charge is 2.23. The van der Waals surface area contributed by atoms with E-state index in [9.17, 15) is 0 Å². The lowest BCUT2D eigenvalue weighted by molar-refractivity contribution is 0.567. The molecule has 0 bridgehead atoms. The molecule has 3 rings (SSSR count). The maximum Gasteiger partial charge on any atom is -0.0112 e. The lowest BCUT2D eigenvalue weighted by Crippen LogP contribution is -1.90. The van der Waals surface area contributed by atoms with Gasteiger partial charge in [-0.15, -0.1) is 0 Å². The molecule has 0 heterocycles. The van der Waals surface area contributed by atoms with Crippen LogP contribution in [0.15, 0.2) is 36.4 Å². The number of benzene rings is 1. The molecule has 0 radical (unpaired) electrons. The maximum absolute atomic E-state index is 4.39. The van der Waals surface area contributed by atoms with E-state index in [0.29, 0.717) is 0 Å². The van der Waals surface area contributed by atoms with Crippen molar-refractivity contribution in [3.63, 3.8) is 0 Å². The van der Waals surface area contributed by atoms with E-state index < -0.39 is 0 Å². The molecule has 0 amide bonds. The predicted octanol–water partition coefficient (Wildman–Crippen LogP) is 6.38. The Balaban J connectivity index is 1.87. The summed E-state index contributed by atoms with van der Waals surface area (Å²) >= 11 is 0. The second-order valence-electron chi connectivity index (χ2n) is 6.31. The first-order valence-electron chi connectivity index (χ1n) is 8.39. The van der Waals surface area contributed by atoms with Crippen LogP contribution in [-0.2, 0) is 0 Å². The highest BCUT2D eigenvalue weighted by atomic mass is 14.3. The van der Waals surface area contributed by atoms with Crippen LogP contribution in [0.4, 0.5) is 0 Å². The van der Waals surface area contributed by atoms with E-state index in [-0.39, 0.29) is 0 Å². The standard InChI is InChI=1S/C20H26/c1-16-17-12-8-6-4-2-3-5-7-9-14-19(17)20-15-11-10-13-18(16)20/h10-11,13,15H,1-9,12,14H2. The van der Waals surface area contributed by atoms with Crippen molar-refractivity contribution in [3.05, 3.63) is 47.5 Å². The smallest absolute Gasteiger partial charge is 0.0112 e. The van der Waals surface area contributed by atoms with E-state index in [1.807, 2.05) is 0 Å². The minimum absolute atomic E-state index is 1.24. The van der Waals surface area contributed by atoms with E-state index in [1.165, 1.54) is 80.9 Å². The van der Waals surface area contributed by atoms with Gasteiger partial charge in [0.25, 0.3) is 0 Å². The minimum atomic E-state index is 1.24. The summed E-state index contributed by atoms with van der Waals surface area (Å²) in [5, 5.41) is 0. The molecule has 0 saturated heterocycles. The Morgan fingerprint density at radius 3 is 1.75 bits per heavy atom. The number of hydrogen-bond donors (Lipinski definition) is 0.